The summed E-state index contributed by atoms with van der Waals surface area (Å²) in [7, 11) is 0. The van der Waals surface area contributed by atoms with Crippen molar-refractivity contribution >= 4 is 23.3 Å². The van der Waals surface area contributed by atoms with Crippen molar-refractivity contribution < 1.29 is 14.3 Å². The van der Waals surface area contributed by atoms with Gasteiger partial charge < -0.3 is 9.64 Å². The van der Waals surface area contributed by atoms with Gasteiger partial charge in [0.2, 0.25) is 5.91 Å². The number of nitrogens with zero attached hydrogens (tertiary/aromatic N) is 1. The van der Waals surface area contributed by atoms with Gasteiger partial charge in [0.1, 0.15) is 11.9 Å². The lowest BCUT2D eigenvalue weighted by atomic mass is 10.0. The molecule has 0 radical (unpaired) electrons. The van der Waals surface area contributed by atoms with Crippen LogP contribution >= 0.6 is 11.6 Å². The average Bonchev–Trinajstić information content (AvgIpc) is 2.69. The van der Waals surface area contributed by atoms with E-state index in [1.165, 1.54) is 0 Å². The van der Waals surface area contributed by atoms with Gasteiger partial charge in [0.05, 0.1) is 0 Å². The second-order valence-corrected chi connectivity index (χ2v) is 7.23. The molecule has 1 aliphatic heterocycles. The van der Waals surface area contributed by atoms with E-state index in [9.17, 15) is 9.59 Å². The molecule has 0 saturated carbocycles. The number of ketones is 1. The fourth-order valence-electron chi connectivity index (χ4n) is 3.28. The van der Waals surface area contributed by atoms with Crippen LogP contribution in [0.2, 0.25) is 5.02 Å². The lowest BCUT2D eigenvalue weighted by Crippen LogP contribution is -2.41. The molecule has 1 aliphatic rings. The first-order chi connectivity index (χ1) is 13.1. The van der Waals surface area contributed by atoms with Crippen LogP contribution in [-0.2, 0) is 4.79 Å². The largest absolute Gasteiger partial charge is 0.490 e. The van der Waals surface area contributed by atoms with Crippen LogP contribution in [0.5, 0.6) is 5.75 Å². The third-order valence-electron chi connectivity index (χ3n) is 4.78. The molecule has 0 atom stereocenters. The minimum atomic E-state index is 0.0945. The van der Waals surface area contributed by atoms with E-state index in [0.29, 0.717) is 42.9 Å². The third-order valence-corrected chi connectivity index (χ3v) is 5.02. The van der Waals surface area contributed by atoms with Gasteiger partial charge in [-0.2, -0.15) is 0 Å². The molecule has 3 rings (SSSR count). The van der Waals surface area contributed by atoms with Crippen LogP contribution in [0.1, 0.15) is 42.5 Å². The number of ether oxygens (including phenoxy) is 1. The minimum Gasteiger partial charge on any atom is -0.490 e. The smallest absolute Gasteiger partial charge is 0.222 e. The van der Waals surface area contributed by atoms with Crippen LogP contribution < -0.4 is 4.74 Å². The van der Waals surface area contributed by atoms with Crippen molar-refractivity contribution in [2.24, 2.45) is 0 Å². The molecule has 1 heterocycles. The number of likely N-dealkylation sites (tertiary alicyclic amines) is 1. The number of piperidine rings is 1. The molecule has 0 unspecified atom stereocenters. The lowest BCUT2D eigenvalue weighted by Gasteiger charge is -2.32. The number of amides is 1. The molecule has 1 saturated heterocycles. The molecule has 2 aromatic carbocycles. The van der Waals surface area contributed by atoms with Gasteiger partial charge in [-0.3, -0.25) is 9.59 Å². The van der Waals surface area contributed by atoms with Gasteiger partial charge in [-0.1, -0.05) is 48.0 Å². The number of benzene rings is 2. The monoisotopic (exact) mass is 385 g/mol. The highest BCUT2D eigenvalue weighted by atomic mass is 35.5. The van der Waals surface area contributed by atoms with E-state index in [4.69, 9.17) is 16.3 Å². The summed E-state index contributed by atoms with van der Waals surface area (Å²) >= 11 is 5.98. The van der Waals surface area contributed by atoms with Crippen molar-refractivity contribution in [2.45, 2.75) is 38.2 Å². The van der Waals surface area contributed by atoms with E-state index in [1.807, 2.05) is 59.5 Å². The van der Waals surface area contributed by atoms with E-state index in [0.717, 1.165) is 18.6 Å². The predicted molar refractivity (Wildman–Crippen MR) is 106 cm³/mol. The zero-order chi connectivity index (χ0) is 19.1. The third kappa shape index (κ3) is 5.83. The maximum atomic E-state index is 12.4. The zero-order valence-electron chi connectivity index (χ0n) is 15.3. The van der Waals surface area contributed by atoms with E-state index in [2.05, 4.69) is 0 Å². The molecule has 0 N–H and O–H groups in total. The quantitative estimate of drug-likeness (QED) is 0.645. The Bertz CT molecular complexity index is 770. The van der Waals surface area contributed by atoms with Gasteiger partial charge in [0.15, 0.2) is 5.78 Å². The molecule has 0 spiro atoms. The van der Waals surface area contributed by atoms with E-state index >= 15 is 0 Å². The molecule has 27 heavy (non-hydrogen) atoms. The summed E-state index contributed by atoms with van der Waals surface area (Å²) in [4.78, 5) is 26.4. The first-order valence-corrected chi connectivity index (χ1v) is 9.78. The Hall–Kier alpha value is -2.33. The maximum absolute atomic E-state index is 12.4. The Kier molecular flexibility index (Phi) is 6.88. The van der Waals surface area contributed by atoms with Crippen LogP contribution in [0.15, 0.2) is 54.6 Å². The van der Waals surface area contributed by atoms with Gasteiger partial charge >= 0.3 is 0 Å². The van der Waals surface area contributed by atoms with Crippen molar-refractivity contribution in [3.63, 3.8) is 0 Å². The highest BCUT2D eigenvalue weighted by molar-refractivity contribution is 6.30. The predicted octanol–water partition coefficient (Wildman–Crippen LogP) is 4.76. The molecule has 0 aliphatic carbocycles. The standard InChI is InChI=1S/C22H24ClNO3/c23-18-8-4-9-20(16-18)27-19-12-14-24(15-13-19)22(26)11-5-10-21(25)17-6-2-1-3-7-17/h1-4,6-9,16,19H,5,10-15H2. The normalized spacial score (nSPS) is 14.8. The Morgan fingerprint density at radius 3 is 2.44 bits per heavy atom. The molecule has 142 valence electrons. The van der Waals surface area contributed by atoms with Crippen LogP contribution in [-0.4, -0.2) is 35.8 Å². The molecule has 1 fully saturated rings. The minimum absolute atomic E-state index is 0.0945. The number of hydrogen-bond acceptors (Lipinski definition) is 3. The van der Waals surface area contributed by atoms with Crippen LogP contribution in [0, 0.1) is 0 Å². The number of carbonyl (C=O) groups is 2. The van der Waals surface area contributed by atoms with E-state index in [-0.39, 0.29) is 17.8 Å². The van der Waals surface area contributed by atoms with Crippen molar-refractivity contribution in [1.29, 1.82) is 0 Å². The van der Waals surface area contributed by atoms with Crippen LogP contribution in [0.25, 0.3) is 0 Å². The van der Waals surface area contributed by atoms with Crippen molar-refractivity contribution in [2.75, 3.05) is 13.1 Å². The SMILES string of the molecule is O=C(CCCC(=O)N1CCC(Oc2cccc(Cl)c2)CC1)c1ccccc1. The Morgan fingerprint density at radius 1 is 1.00 bits per heavy atom. The van der Waals surface area contributed by atoms with Crippen molar-refractivity contribution in [3.8, 4) is 5.75 Å². The molecule has 0 aromatic heterocycles. The molecule has 2 aromatic rings. The van der Waals surface area contributed by atoms with Crippen LogP contribution in [0.3, 0.4) is 0 Å². The summed E-state index contributed by atoms with van der Waals surface area (Å²) in [5.41, 5.74) is 0.712. The first-order valence-electron chi connectivity index (χ1n) is 9.40. The maximum Gasteiger partial charge on any atom is 0.222 e. The average molecular weight is 386 g/mol. The summed E-state index contributed by atoms with van der Waals surface area (Å²) in [5.74, 6) is 0.987. The van der Waals surface area contributed by atoms with Crippen molar-refractivity contribution in [3.05, 3.63) is 65.2 Å². The Balaban J connectivity index is 1.37. The highest BCUT2D eigenvalue weighted by Gasteiger charge is 2.23. The summed E-state index contributed by atoms with van der Waals surface area (Å²) < 4.78 is 5.96. The fraction of sp³-hybridized carbons (Fsp3) is 0.364. The Morgan fingerprint density at radius 2 is 1.74 bits per heavy atom. The fourth-order valence-corrected chi connectivity index (χ4v) is 3.46. The zero-order valence-corrected chi connectivity index (χ0v) is 16.0. The van der Waals surface area contributed by atoms with Gasteiger partial charge in [0.25, 0.3) is 0 Å². The molecular weight excluding hydrogens is 362 g/mol. The lowest BCUT2D eigenvalue weighted by molar-refractivity contribution is -0.133. The second kappa shape index (κ2) is 9.56. The summed E-state index contributed by atoms with van der Waals surface area (Å²) in [6.07, 6.45) is 3.13. The second-order valence-electron chi connectivity index (χ2n) is 6.80. The molecular formula is C22H24ClNO3. The number of hydrogen-bond donors (Lipinski definition) is 0. The van der Waals surface area contributed by atoms with E-state index in [1.54, 1.807) is 0 Å². The van der Waals surface area contributed by atoms with Gasteiger partial charge in [-0.15, -0.1) is 0 Å². The summed E-state index contributed by atoms with van der Waals surface area (Å²) in [6.45, 7) is 1.38. The topological polar surface area (TPSA) is 46.6 Å². The van der Waals surface area contributed by atoms with Gasteiger partial charge in [-0.05, 0) is 24.6 Å². The highest BCUT2D eigenvalue weighted by Crippen LogP contribution is 2.22. The molecule has 4 nitrogen and oxygen atoms in total. The van der Waals surface area contributed by atoms with Gasteiger partial charge in [0, 0.05) is 49.4 Å². The molecule has 1 amide bonds. The van der Waals surface area contributed by atoms with E-state index < -0.39 is 0 Å². The molecule has 5 heteroatoms. The number of rotatable bonds is 7. The van der Waals surface area contributed by atoms with Crippen molar-refractivity contribution in [1.82, 2.24) is 4.90 Å². The summed E-state index contributed by atoms with van der Waals surface area (Å²) in [6, 6.07) is 16.6. The summed E-state index contributed by atoms with van der Waals surface area (Å²) in [5, 5.41) is 0.658. The number of Topliss-reactive ketones (excluding diaryl/α,β-unsaturated/α-hetero) is 1. The van der Waals surface area contributed by atoms with Crippen LogP contribution in [0.4, 0.5) is 0 Å². The first kappa shape index (κ1) is 19.4. The number of carbonyl (C=O) groups excluding carboxylic acids is 2. The number of halogens is 1. The van der Waals surface area contributed by atoms with Gasteiger partial charge in [-0.25, -0.2) is 0 Å². The Labute approximate surface area is 165 Å². The molecule has 0 bridgehead atoms.